The summed E-state index contributed by atoms with van der Waals surface area (Å²) in [6, 6.07) is 9.85. The van der Waals surface area contributed by atoms with E-state index in [1.165, 1.54) is 12.9 Å². The maximum absolute atomic E-state index is 12.4. The molecule has 7 nitrogen and oxygen atoms in total. The Balaban J connectivity index is -0.000000593. The van der Waals surface area contributed by atoms with Gasteiger partial charge in [-0.2, -0.15) is 0 Å². The van der Waals surface area contributed by atoms with E-state index in [2.05, 4.69) is 46.5 Å². The number of rotatable bonds is 15. The summed E-state index contributed by atoms with van der Waals surface area (Å²) >= 11 is 0. The fraction of sp³-hybridized carbons (Fsp3) is 0.440. The number of ether oxygens (including phenoxy) is 1. The molecule has 2 atom stereocenters. The van der Waals surface area contributed by atoms with Gasteiger partial charge >= 0.3 is 51.0 Å². The fourth-order valence-electron chi connectivity index (χ4n) is 2.71. The summed E-state index contributed by atoms with van der Waals surface area (Å²) in [6.45, 7) is 23.5. The molecule has 0 aliphatic rings. The van der Waals surface area contributed by atoms with Crippen molar-refractivity contribution in [2.24, 2.45) is 0 Å². The van der Waals surface area contributed by atoms with Crippen LogP contribution in [-0.2, 0) is 49.8 Å². The summed E-state index contributed by atoms with van der Waals surface area (Å²) in [5, 5.41) is 0. The third-order valence-corrected chi connectivity index (χ3v) is 4.94. The van der Waals surface area contributed by atoms with Crippen LogP contribution in [0.5, 0.6) is 0 Å². The Bertz CT molecular complexity index is 655. The molecule has 1 rings (SSSR count). The molecular weight excluding hydrogens is 496 g/mol. The van der Waals surface area contributed by atoms with Crippen LogP contribution in [0, 0.1) is 39.2 Å². The van der Waals surface area contributed by atoms with Gasteiger partial charge in [0.2, 0.25) is 0 Å². The van der Waals surface area contributed by atoms with Crippen LogP contribution in [-0.4, -0.2) is 26.7 Å². The van der Waals surface area contributed by atoms with Crippen molar-refractivity contribution in [2.75, 3.05) is 0 Å². The van der Waals surface area contributed by atoms with E-state index in [-0.39, 0.29) is 35.1 Å². The van der Waals surface area contributed by atoms with Crippen LogP contribution in [0.1, 0.15) is 50.7 Å². The first kappa shape index (κ1) is 39.5. The van der Waals surface area contributed by atoms with Gasteiger partial charge in [0.25, 0.3) is 0 Å². The molecule has 0 fully saturated rings. The average molecular weight is 528 g/mol. The minimum Gasteiger partial charge on any atom is 2.00 e. The van der Waals surface area contributed by atoms with Gasteiger partial charge < -0.3 is 14.0 Å². The first-order valence-corrected chi connectivity index (χ1v) is 13.7. The first-order valence-electron chi connectivity index (χ1n) is 10.3. The molecule has 0 aromatic heterocycles. The van der Waals surface area contributed by atoms with Gasteiger partial charge in [0.1, 0.15) is 5.78 Å². The number of benzene rings is 1. The van der Waals surface area contributed by atoms with E-state index in [0.29, 0.717) is 6.42 Å². The quantitative estimate of drug-likeness (QED) is 0.137. The van der Waals surface area contributed by atoms with Crippen molar-refractivity contribution in [1.82, 2.24) is 0 Å². The Hall–Kier alpha value is -1.72. The topological polar surface area (TPSA) is 112 Å². The second-order valence-electron chi connectivity index (χ2n) is 7.59. The molecule has 0 saturated carbocycles. The van der Waals surface area contributed by atoms with E-state index in [1.54, 1.807) is 12.8 Å². The molecule has 0 aliphatic carbocycles. The van der Waals surface area contributed by atoms with Crippen molar-refractivity contribution < 1.29 is 49.8 Å². The van der Waals surface area contributed by atoms with E-state index in [1.807, 2.05) is 30.3 Å². The maximum Gasteiger partial charge on any atom is 2.00 e. The minimum absolute atomic E-state index is 0. The van der Waals surface area contributed by atoms with Gasteiger partial charge in [0.15, 0.2) is 8.32 Å². The predicted octanol–water partition coefficient (Wildman–Crippen LogP) is 5.07. The number of unbranched alkanes of at least 4 members (excludes halogenated alkanes) is 2. The van der Waals surface area contributed by atoms with Gasteiger partial charge in [-0.05, 0) is 44.5 Å². The Kier molecular flexibility index (Phi) is 32.0. The third-order valence-electron chi connectivity index (χ3n) is 3.95. The molecule has 0 unspecified atom stereocenters. The van der Waals surface area contributed by atoms with Gasteiger partial charge in [-0.15, -0.1) is 0 Å². The van der Waals surface area contributed by atoms with Gasteiger partial charge in [-0.1, -0.05) is 56.6 Å². The van der Waals surface area contributed by atoms with E-state index in [9.17, 15) is 9.59 Å². The van der Waals surface area contributed by atoms with Crippen LogP contribution in [0.25, 0.3) is 0 Å². The van der Waals surface area contributed by atoms with Crippen LogP contribution in [0.3, 0.4) is 0 Å². The molecule has 0 N–H and O–H groups in total. The second-order valence-corrected chi connectivity index (χ2v) is 12.0. The Labute approximate surface area is 216 Å². The maximum atomic E-state index is 12.4. The standard InChI is InChI=1S/C22H32O4Si.3CO.Fe/c1-5-6-8-15-21(25-18-23)16-11-14-20(24)17-22(26-27(2,3)4)19-12-9-7-10-13-19;3*1-2;/h7,9-14,16,21-22H,5-6,8,15,17H2,1-4H3;;;;/q-1;;;;+2/t21-,22-;;;;/m1..../s1. The van der Waals surface area contributed by atoms with Crippen LogP contribution in [0.4, 0.5) is 0 Å². The van der Waals surface area contributed by atoms with E-state index in [0.717, 1.165) is 31.2 Å². The third kappa shape index (κ3) is 23.4. The van der Waals surface area contributed by atoms with Crippen LogP contribution >= 0.6 is 0 Å². The summed E-state index contributed by atoms with van der Waals surface area (Å²) in [7, 11) is -1.80. The number of hydrogen-bond donors (Lipinski definition) is 0. The summed E-state index contributed by atoms with van der Waals surface area (Å²) < 4.78 is 33.7. The van der Waals surface area contributed by atoms with Crippen molar-refractivity contribution in [2.45, 2.75) is 70.9 Å². The molecule has 1 aromatic carbocycles. The van der Waals surface area contributed by atoms with E-state index in [4.69, 9.17) is 23.1 Å². The Morgan fingerprint density at radius 2 is 1.62 bits per heavy atom. The molecule has 0 spiro atoms. The van der Waals surface area contributed by atoms with E-state index >= 15 is 0 Å². The molecule has 0 heterocycles. The van der Waals surface area contributed by atoms with Crippen LogP contribution in [0.15, 0.2) is 30.3 Å². The largest absolute Gasteiger partial charge is 2.00 e. The summed E-state index contributed by atoms with van der Waals surface area (Å²) in [5.41, 5.74) is 1.02. The Morgan fingerprint density at radius 1 is 1.06 bits per heavy atom. The number of carbonyl (C=O) groups is 1. The smallest absolute Gasteiger partial charge is 2.00 e. The summed E-state index contributed by atoms with van der Waals surface area (Å²) in [5.74, 6) is -0.0132. The molecule has 9 heteroatoms. The molecule has 185 valence electrons. The molecule has 3 radical (unpaired) electrons. The summed E-state index contributed by atoms with van der Waals surface area (Å²) in [4.78, 5) is 22.9. The number of Topliss-reactive ketones (excluding diaryl/α,β-unsaturated/α-hetero) is 1. The van der Waals surface area contributed by atoms with Gasteiger partial charge in [-0.3, -0.25) is 4.79 Å². The van der Waals surface area contributed by atoms with Crippen molar-refractivity contribution in [1.29, 1.82) is 0 Å². The normalized spacial score (nSPS) is 11.1. The zero-order chi connectivity index (χ0) is 26.1. The van der Waals surface area contributed by atoms with Crippen molar-refractivity contribution in [3.05, 3.63) is 75.1 Å². The van der Waals surface area contributed by atoms with Crippen molar-refractivity contribution in [3.8, 4) is 0 Å². The van der Waals surface area contributed by atoms with Gasteiger partial charge in [0, 0.05) is 19.3 Å². The fourth-order valence-corrected chi connectivity index (χ4v) is 3.78. The van der Waals surface area contributed by atoms with Crippen LogP contribution < -0.4 is 0 Å². The number of hydrogen-bond acceptors (Lipinski definition) is 4. The van der Waals surface area contributed by atoms with Crippen molar-refractivity contribution >= 4 is 20.6 Å². The molecule has 0 bridgehead atoms. The molecule has 1 aromatic rings. The zero-order valence-corrected chi connectivity index (χ0v) is 22.1. The molecule has 0 aliphatic heterocycles. The van der Waals surface area contributed by atoms with Crippen LogP contribution in [0.2, 0.25) is 19.6 Å². The zero-order valence-electron chi connectivity index (χ0n) is 20.0. The van der Waals surface area contributed by atoms with E-state index < -0.39 is 8.32 Å². The Morgan fingerprint density at radius 3 is 2.09 bits per heavy atom. The predicted molar refractivity (Wildman–Crippen MR) is 123 cm³/mol. The van der Waals surface area contributed by atoms with Gasteiger partial charge in [-0.25, -0.2) is 0 Å². The average Bonchev–Trinajstić information content (AvgIpc) is 2.82. The molecule has 0 amide bonds. The van der Waals surface area contributed by atoms with Gasteiger partial charge in [0.05, 0.1) is 12.2 Å². The number of ketones is 1. The second kappa shape index (κ2) is 27.5. The SMILES string of the molecule is CCCCC[C@H]([CH][CH][CH]C(=O)C[C@@H](O[Si](C)(C)C)c1ccccc1)O[C-]=O.[C-]#[O+].[C-]#[O+].[C-]#[O+].[Fe+2]. The summed E-state index contributed by atoms with van der Waals surface area (Å²) in [6.07, 6.45) is 8.57. The monoisotopic (exact) mass is 528 g/mol. The van der Waals surface area contributed by atoms with Crippen molar-refractivity contribution in [3.63, 3.8) is 0 Å². The molecular formula is C25H32FeO7Si+. The number of carbonyl (C=O) groups excluding carboxylic acids is 2. The first-order chi connectivity index (χ1) is 15.9. The molecule has 0 saturated heterocycles. The minimum atomic E-state index is -1.80. The molecule has 34 heavy (non-hydrogen) atoms.